The zero-order valence-corrected chi connectivity index (χ0v) is 10.7. The average Bonchev–Trinajstić information content (AvgIpc) is 2.98. The van der Waals surface area contributed by atoms with E-state index < -0.39 is 0 Å². The highest BCUT2D eigenvalue weighted by Crippen LogP contribution is 2.18. The van der Waals surface area contributed by atoms with Crippen molar-refractivity contribution in [1.29, 1.82) is 0 Å². The fraction of sp³-hybridized carbons (Fsp3) is 0.417. The predicted molar refractivity (Wildman–Crippen MR) is 70.1 cm³/mol. The summed E-state index contributed by atoms with van der Waals surface area (Å²) in [5.74, 6) is -0.452. The van der Waals surface area contributed by atoms with Gasteiger partial charge in [-0.05, 0) is 6.42 Å². The van der Waals surface area contributed by atoms with Gasteiger partial charge in [-0.15, -0.1) is 0 Å². The second-order valence-corrected chi connectivity index (χ2v) is 4.48. The number of hydrogen-bond donors (Lipinski definition) is 3. The van der Waals surface area contributed by atoms with Crippen molar-refractivity contribution < 1.29 is 9.59 Å². The van der Waals surface area contributed by atoms with Crippen LogP contribution >= 0.6 is 0 Å². The quantitative estimate of drug-likeness (QED) is 0.635. The average molecular weight is 263 g/mol. The third-order valence-corrected chi connectivity index (χ3v) is 2.94. The number of nitrogens with one attached hydrogen (secondary N) is 2. The summed E-state index contributed by atoms with van der Waals surface area (Å²) in [4.78, 5) is 23.1. The number of aromatic nitrogens is 2. The van der Waals surface area contributed by atoms with Crippen LogP contribution in [-0.4, -0.2) is 34.7 Å². The molecule has 7 nitrogen and oxygen atoms in total. The number of likely N-dealkylation sites (N-methyl/N-ethyl adjacent to an activating group) is 1. The molecule has 102 valence electrons. The zero-order chi connectivity index (χ0) is 13.8. The first-order valence-corrected chi connectivity index (χ1v) is 6.06. The largest absolute Gasteiger partial charge is 0.358 e. The lowest BCUT2D eigenvalue weighted by molar-refractivity contribution is -0.121. The van der Waals surface area contributed by atoms with Crippen molar-refractivity contribution in [3.63, 3.8) is 0 Å². The van der Waals surface area contributed by atoms with Gasteiger partial charge in [0.2, 0.25) is 11.8 Å². The summed E-state index contributed by atoms with van der Waals surface area (Å²) in [6.07, 6.45) is 7.40. The highest BCUT2D eigenvalue weighted by Gasteiger charge is 2.22. The van der Waals surface area contributed by atoms with E-state index in [1.165, 1.54) is 10.9 Å². The Labute approximate surface area is 110 Å². The van der Waals surface area contributed by atoms with Crippen LogP contribution in [0.2, 0.25) is 0 Å². The number of amides is 2. The Morgan fingerprint density at radius 3 is 2.95 bits per heavy atom. The Bertz CT molecular complexity index is 508. The van der Waals surface area contributed by atoms with E-state index in [1.807, 2.05) is 12.2 Å². The summed E-state index contributed by atoms with van der Waals surface area (Å²) in [6.45, 7) is 0.126. The minimum Gasteiger partial charge on any atom is -0.358 e. The molecule has 1 aliphatic carbocycles. The number of anilines is 1. The molecule has 0 saturated carbocycles. The monoisotopic (exact) mass is 263 g/mol. The van der Waals surface area contributed by atoms with Crippen molar-refractivity contribution in [2.75, 3.05) is 12.4 Å². The topological polar surface area (TPSA) is 102 Å². The molecule has 1 heterocycles. The van der Waals surface area contributed by atoms with Crippen LogP contribution in [0.25, 0.3) is 0 Å². The standard InChI is InChI=1S/C12H17N5O2/c1-14-11(18)7-17-6-10(5-15-17)16-12(19)8-2-3-9(13)4-8/h2-3,5-6,8-9H,4,7,13H2,1H3,(H,14,18)(H,16,19). The summed E-state index contributed by atoms with van der Waals surface area (Å²) in [5.41, 5.74) is 6.27. The second-order valence-electron chi connectivity index (χ2n) is 4.48. The first kappa shape index (κ1) is 13.3. The molecule has 0 aromatic carbocycles. The summed E-state index contributed by atoms with van der Waals surface area (Å²) in [5, 5.41) is 9.26. The van der Waals surface area contributed by atoms with Gasteiger partial charge in [-0.2, -0.15) is 5.10 Å². The van der Waals surface area contributed by atoms with E-state index in [1.54, 1.807) is 13.2 Å². The number of carbonyl (C=O) groups excluding carboxylic acids is 2. The molecule has 2 rings (SSSR count). The van der Waals surface area contributed by atoms with Crippen molar-refractivity contribution in [1.82, 2.24) is 15.1 Å². The maximum Gasteiger partial charge on any atom is 0.241 e. The van der Waals surface area contributed by atoms with Gasteiger partial charge in [-0.1, -0.05) is 12.2 Å². The van der Waals surface area contributed by atoms with Gasteiger partial charge in [0.15, 0.2) is 0 Å². The summed E-state index contributed by atoms with van der Waals surface area (Å²) in [7, 11) is 1.56. The molecule has 0 spiro atoms. The van der Waals surface area contributed by atoms with Crippen molar-refractivity contribution >= 4 is 17.5 Å². The Kier molecular flexibility index (Phi) is 3.96. The highest BCUT2D eigenvalue weighted by molar-refractivity contribution is 5.93. The van der Waals surface area contributed by atoms with Crippen LogP contribution in [0.15, 0.2) is 24.5 Å². The van der Waals surface area contributed by atoms with E-state index in [0.29, 0.717) is 12.1 Å². The molecule has 4 N–H and O–H groups in total. The van der Waals surface area contributed by atoms with E-state index in [4.69, 9.17) is 5.73 Å². The van der Waals surface area contributed by atoms with E-state index in [0.717, 1.165) is 0 Å². The smallest absolute Gasteiger partial charge is 0.241 e. The second kappa shape index (κ2) is 5.66. The first-order valence-electron chi connectivity index (χ1n) is 6.06. The molecule has 0 saturated heterocycles. The van der Waals surface area contributed by atoms with Crippen LogP contribution in [0.1, 0.15) is 6.42 Å². The highest BCUT2D eigenvalue weighted by atomic mass is 16.2. The number of nitrogens with two attached hydrogens (primary N) is 1. The summed E-state index contributed by atoms with van der Waals surface area (Å²) >= 11 is 0. The van der Waals surface area contributed by atoms with Crippen LogP contribution in [0.3, 0.4) is 0 Å². The van der Waals surface area contributed by atoms with Gasteiger partial charge in [-0.25, -0.2) is 0 Å². The predicted octanol–water partition coefficient (Wildman–Crippen LogP) is -0.529. The molecule has 0 aliphatic heterocycles. The molecule has 2 atom stereocenters. The minimum atomic E-state index is -0.197. The Balaban J connectivity index is 1.91. The van der Waals surface area contributed by atoms with Crippen LogP contribution in [0.5, 0.6) is 0 Å². The Morgan fingerprint density at radius 2 is 2.32 bits per heavy atom. The Hall–Kier alpha value is -2.15. The number of rotatable bonds is 4. The molecule has 1 aliphatic rings. The third-order valence-electron chi connectivity index (χ3n) is 2.94. The van der Waals surface area contributed by atoms with Gasteiger partial charge in [0.25, 0.3) is 0 Å². The fourth-order valence-corrected chi connectivity index (χ4v) is 1.90. The maximum atomic E-state index is 11.9. The van der Waals surface area contributed by atoms with Crippen molar-refractivity contribution in [3.8, 4) is 0 Å². The lowest BCUT2D eigenvalue weighted by Crippen LogP contribution is -2.24. The molecule has 2 amide bonds. The third kappa shape index (κ3) is 3.41. The van der Waals surface area contributed by atoms with Crippen LogP contribution in [0.4, 0.5) is 5.69 Å². The molecular weight excluding hydrogens is 246 g/mol. The lowest BCUT2D eigenvalue weighted by atomic mass is 10.1. The number of hydrogen-bond acceptors (Lipinski definition) is 4. The van der Waals surface area contributed by atoms with Gasteiger partial charge < -0.3 is 16.4 Å². The lowest BCUT2D eigenvalue weighted by Gasteiger charge is -2.08. The van der Waals surface area contributed by atoms with E-state index >= 15 is 0 Å². The molecular formula is C12H17N5O2. The first-order chi connectivity index (χ1) is 9.08. The molecule has 0 radical (unpaired) electrons. The number of carbonyl (C=O) groups is 2. The maximum absolute atomic E-state index is 11.9. The normalized spacial score (nSPS) is 21.4. The Morgan fingerprint density at radius 1 is 1.53 bits per heavy atom. The van der Waals surface area contributed by atoms with Gasteiger partial charge in [0.1, 0.15) is 6.54 Å². The van der Waals surface area contributed by atoms with Crippen LogP contribution in [-0.2, 0) is 16.1 Å². The SMILES string of the molecule is CNC(=O)Cn1cc(NC(=O)C2C=CC(N)C2)cn1. The van der Waals surface area contributed by atoms with Crippen molar-refractivity contribution in [3.05, 3.63) is 24.5 Å². The molecule has 0 bridgehead atoms. The molecule has 7 heteroatoms. The van der Waals surface area contributed by atoms with Gasteiger partial charge >= 0.3 is 0 Å². The van der Waals surface area contributed by atoms with E-state index in [2.05, 4.69) is 15.7 Å². The van der Waals surface area contributed by atoms with Gasteiger partial charge in [0, 0.05) is 19.3 Å². The van der Waals surface area contributed by atoms with Gasteiger partial charge in [0.05, 0.1) is 17.8 Å². The number of nitrogens with zero attached hydrogens (tertiary/aromatic N) is 2. The molecule has 19 heavy (non-hydrogen) atoms. The van der Waals surface area contributed by atoms with Crippen molar-refractivity contribution in [2.45, 2.75) is 19.0 Å². The summed E-state index contributed by atoms with van der Waals surface area (Å²) < 4.78 is 1.46. The van der Waals surface area contributed by atoms with E-state index in [-0.39, 0.29) is 30.3 Å². The van der Waals surface area contributed by atoms with Crippen molar-refractivity contribution in [2.24, 2.45) is 11.7 Å². The summed E-state index contributed by atoms with van der Waals surface area (Å²) in [6, 6.07) is -0.0493. The van der Waals surface area contributed by atoms with Crippen LogP contribution in [0, 0.1) is 5.92 Å². The van der Waals surface area contributed by atoms with E-state index in [9.17, 15) is 9.59 Å². The van der Waals surface area contributed by atoms with Crippen LogP contribution < -0.4 is 16.4 Å². The molecule has 1 aromatic heterocycles. The fourth-order valence-electron chi connectivity index (χ4n) is 1.90. The molecule has 0 fully saturated rings. The molecule has 1 aromatic rings. The zero-order valence-electron chi connectivity index (χ0n) is 10.7. The molecule has 2 unspecified atom stereocenters. The minimum absolute atomic E-state index is 0.0493. The van der Waals surface area contributed by atoms with Gasteiger partial charge in [-0.3, -0.25) is 14.3 Å².